The molecule has 0 radical (unpaired) electrons. The number of nitrogens with one attached hydrogen (secondary N) is 1. The van der Waals surface area contributed by atoms with Gasteiger partial charge in [-0.1, -0.05) is 24.3 Å². The Labute approximate surface area is 112 Å². The maximum atomic E-state index is 12.3. The Kier molecular flexibility index (Phi) is 2.62. The number of hydrogen-bond acceptors (Lipinski definition) is 3. The number of carbonyl (C=O) groups is 2. The summed E-state index contributed by atoms with van der Waals surface area (Å²) < 4.78 is 5.20. The molecule has 0 spiro atoms. The molecule has 3 atom stereocenters. The fraction of sp³-hybridized carbons (Fsp3) is 0.467. The smallest absolute Gasteiger partial charge is 0.314 e. The first kappa shape index (κ1) is 12.2. The predicted molar refractivity (Wildman–Crippen MR) is 69.4 cm³/mol. The molecule has 1 N–H and O–H groups in total. The van der Waals surface area contributed by atoms with Gasteiger partial charge in [-0.15, -0.1) is 0 Å². The zero-order valence-corrected chi connectivity index (χ0v) is 11.1. The molecule has 4 rings (SSSR count). The average molecular weight is 259 g/mol. The van der Waals surface area contributed by atoms with Gasteiger partial charge in [0, 0.05) is 0 Å². The number of benzene rings is 1. The third-order valence-corrected chi connectivity index (χ3v) is 4.29. The van der Waals surface area contributed by atoms with Gasteiger partial charge in [0.1, 0.15) is 0 Å². The van der Waals surface area contributed by atoms with Crippen molar-refractivity contribution in [3.05, 3.63) is 35.4 Å². The zero-order chi connectivity index (χ0) is 13.6. The van der Waals surface area contributed by atoms with Crippen LogP contribution in [0, 0.1) is 5.41 Å². The molecule has 1 aromatic rings. The van der Waals surface area contributed by atoms with Gasteiger partial charge in [0.25, 0.3) is 0 Å². The molecule has 2 aliphatic heterocycles. The van der Waals surface area contributed by atoms with Gasteiger partial charge in [-0.2, -0.15) is 0 Å². The van der Waals surface area contributed by atoms with Crippen LogP contribution in [0.1, 0.15) is 43.4 Å². The number of hydrogen-bond donors (Lipinski definition) is 1. The van der Waals surface area contributed by atoms with Crippen LogP contribution in [0.2, 0.25) is 0 Å². The molecule has 100 valence electrons. The fourth-order valence-electron chi connectivity index (χ4n) is 3.30. The van der Waals surface area contributed by atoms with Crippen molar-refractivity contribution >= 4 is 11.9 Å². The number of carbonyl (C=O) groups excluding carboxylic acids is 2. The van der Waals surface area contributed by atoms with E-state index in [1.807, 2.05) is 31.2 Å². The van der Waals surface area contributed by atoms with Crippen molar-refractivity contribution in [2.45, 2.75) is 32.2 Å². The van der Waals surface area contributed by atoms with Crippen molar-refractivity contribution in [1.82, 2.24) is 5.32 Å². The second kappa shape index (κ2) is 4.08. The third-order valence-electron chi connectivity index (χ3n) is 4.29. The Bertz CT molecular complexity index is 554. The van der Waals surface area contributed by atoms with E-state index in [0.717, 1.165) is 11.1 Å². The van der Waals surface area contributed by atoms with E-state index in [-0.39, 0.29) is 23.8 Å². The van der Waals surface area contributed by atoms with E-state index in [0.29, 0.717) is 13.0 Å². The van der Waals surface area contributed by atoms with Gasteiger partial charge in [-0.25, -0.2) is 0 Å². The van der Waals surface area contributed by atoms with Crippen LogP contribution in [0.25, 0.3) is 0 Å². The standard InChI is InChI=1S/C15H17NO3/c1-3-19-14(18)15(2)8-11-9-6-4-5-7-10(9)12(15)16-13(11)17/h4-7,11-12H,3,8H2,1-2H3,(H,16,17)/t11-,12?,15+/m0/s1. The summed E-state index contributed by atoms with van der Waals surface area (Å²) in [4.78, 5) is 24.3. The van der Waals surface area contributed by atoms with E-state index >= 15 is 0 Å². The second-order valence-electron chi connectivity index (χ2n) is 5.47. The van der Waals surface area contributed by atoms with Crippen LogP contribution < -0.4 is 5.32 Å². The summed E-state index contributed by atoms with van der Waals surface area (Å²) in [5, 5.41) is 2.96. The summed E-state index contributed by atoms with van der Waals surface area (Å²) in [6, 6.07) is 7.57. The predicted octanol–water partition coefficient (Wildman–Crippen LogP) is 1.91. The maximum Gasteiger partial charge on any atom is 0.314 e. The third kappa shape index (κ3) is 1.59. The Morgan fingerprint density at radius 2 is 2.11 bits per heavy atom. The lowest BCUT2D eigenvalue weighted by molar-refractivity contribution is -0.161. The van der Waals surface area contributed by atoms with E-state index in [9.17, 15) is 9.59 Å². The van der Waals surface area contributed by atoms with Crippen LogP contribution in [0.4, 0.5) is 0 Å². The topological polar surface area (TPSA) is 55.4 Å². The van der Waals surface area contributed by atoms with Crippen LogP contribution in [0.3, 0.4) is 0 Å². The van der Waals surface area contributed by atoms with Gasteiger partial charge in [0.15, 0.2) is 0 Å². The quantitative estimate of drug-likeness (QED) is 0.825. The van der Waals surface area contributed by atoms with Gasteiger partial charge in [-0.05, 0) is 31.4 Å². The summed E-state index contributed by atoms with van der Waals surface area (Å²) >= 11 is 0. The number of amides is 1. The molecule has 1 aliphatic carbocycles. The van der Waals surface area contributed by atoms with Crippen molar-refractivity contribution in [3.63, 3.8) is 0 Å². The first-order chi connectivity index (χ1) is 9.08. The molecule has 2 heterocycles. The van der Waals surface area contributed by atoms with E-state index in [1.165, 1.54) is 0 Å². The maximum absolute atomic E-state index is 12.3. The summed E-state index contributed by atoms with van der Waals surface area (Å²) in [6.07, 6.45) is 0.527. The van der Waals surface area contributed by atoms with Crippen molar-refractivity contribution in [1.29, 1.82) is 0 Å². The number of fused-ring (bicyclic) bond motifs is 2. The van der Waals surface area contributed by atoms with Crippen LogP contribution in [0.15, 0.2) is 24.3 Å². The van der Waals surface area contributed by atoms with E-state index in [4.69, 9.17) is 4.74 Å². The minimum atomic E-state index is -0.664. The average Bonchev–Trinajstić information content (AvgIpc) is 2.41. The molecule has 1 amide bonds. The van der Waals surface area contributed by atoms with E-state index < -0.39 is 5.41 Å². The van der Waals surface area contributed by atoms with E-state index in [1.54, 1.807) is 6.92 Å². The number of piperidine rings is 1. The Hall–Kier alpha value is -1.84. The fourth-order valence-corrected chi connectivity index (χ4v) is 3.30. The Balaban J connectivity index is 2.07. The Morgan fingerprint density at radius 1 is 1.42 bits per heavy atom. The monoisotopic (exact) mass is 259 g/mol. The van der Waals surface area contributed by atoms with Crippen LogP contribution in [-0.2, 0) is 14.3 Å². The minimum absolute atomic E-state index is 0.0190. The lowest BCUT2D eigenvalue weighted by Gasteiger charge is -2.48. The van der Waals surface area contributed by atoms with Crippen molar-refractivity contribution in [3.8, 4) is 0 Å². The molecule has 1 saturated heterocycles. The molecule has 4 heteroatoms. The highest BCUT2D eigenvalue weighted by Gasteiger charge is 2.55. The van der Waals surface area contributed by atoms with Gasteiger partial charge in [-0.3, -0.25) is 9.59 Å². The summed E-state index contributed by atoms with van der Waals surface area (Å²) in [5.41, 5.74) is 1.44. The number of esters is 1. The van der Waals surface area contributed by atoms with Crippen molar-refractivity contribution in [2.24, 2.45) is 5.41 Å². The number of rotatable bonds is 2. The molecule has 0 saturated carbocycles. The highest BCUT2D eigenvalue weighted by Crippen LogP contribution is 2.53. The molecule has 1 unspecified atom stereocenters. The largest absolute Gasteiger partial charge is 0.466 e. The normalized spacial score (nSPS) is 31.6. The summed E-state index contributed by atoms with van der Waals surface area (Å²) in [6.45, 7) is 4.05. The van der Waals surface area contributed by atoms with Crippen molar-refractivity contribution in [2.75, 3.05) is 6.61 Å². The molecule has 0 aromatic heterocycles. The first-order valence-corrected chi connectivity index (χ1v) is 6.64. The molecular formula is C15H17NO3. The molecule has 4 nitrogen and oxygen atoms in total. The number of ether oxygens (including phenoxy) is 1. The van der Waals surface area contributed by atoms with Gasteiger partial charge in [0.05, 0.1) is 24.0 Å². The van der Waals surface area contributed by atoms with Gasteiger partial charge >= 0.3 is 5.97 Å². The second-order valence-corrected chi connectivity index (χ2v) is 5.47. The molecule has 1 fully saturated rings. The van der Waals surface area contributed by atoms with E-state index in [2.05, 4.69) is 5.32 Å². The molecule has 3 aliphatic rings. The van der Waals surface area contributed by atoms with Crippen LogP contribution in [0.5, 0.6) is 0 Å². The zero-order valence-electron chi connectivity index (χ0n) is 11.1. The lowest BCUT2D eigenvalue weighted by Crippen LogP contribution is -2.56. The van der Waals surface area contributed by atoms with Gasteiger partial charge in [0.2, 0.25) is 5.91 Å². The molecule has 19 heavy (non-hydrogen) atoms. The Morgan fingerprint density at radius 3 is 2.79 bits per heavy atom. The minimum Gasteiger partial charge on any atom is -0.466 e. The summed E-state index contributed by atoms with van der Waals surface area (Å²) in [5.74, 6) is -0.444. The highest BCUT2D eigenvalue weighted by atomic mass is 16.5. The van der Waals surface area contributed by atoms with Crippen molar-refractivity contribution < 1.29 is 14.3 Å². The lowest BCUT2D eigenvalue weighted by atomic mass is 9.61. The van der Waals surface area contributed by atoms with Crippen LogP contribution >= 0.6 is 0 Å². The van der Waals surface area contributed by atoms with Crippen LogP contribution in [-0.4, -0.2) is 18.5 Å². The SMILES string of the molecule is CCOC(=O)[C@]1(C)C[C@@H]2C(=O)NC1c1ccccc12. The molecule has 2 bridgehead atoms. The summed E-state index contributed by atoms with van der Waals surface area (Å²) in [7, 11) is 0. The first-order valence-electron chi connectivity index (χ1n) is 6.64. The highest BCUT2D eigenvalue weighted by molar-refractivity contribution is 5.92. The van der Waals surface area contributed by atoms with Gasteiger partial charge < -0.3 is 10.1 Å². The molecule has 1 aromatic carbocycles. The molecular weight excluding hydrogens is 242 g/mol.